The van der Waals surface area contributed by atoms with E-state index in [0.29, 0.717) is 0 Å². The molecule has 0 bridgehead atoms. The average Bonchev–Trinajstić information content (AvgIpc) is 2.54. The number of amides is 2. The van der Waals surface area contributed by atoms with E-state index in [4.69, 9.17) is 9.47 Å². The summed E-state index contributed by atoms with van der Waals surface area (Å²) in [5.41, 5.74) is -0.0626. The van der Waals surface area contributed by atoms with Crippen LogP contribution in [0.5, 0.6) is 11.8 Å². The number of hydrogen-bond acceptors (Lipinski definition) is 7. The quantitative estimate of drug-likeness (QED) is 0.769. The van der Waals surface area contributed by atoms with Gasteiger partial charge in [-0.2, -0.15) is 22.7 Å². The largest absolute Gasteiger partial charge is 0.481 e. The molecule has 0 unspecified atom stereocenters. The number of para-hydroxylation sites is 1. The van der Waals surface area contributed by atoms with Crippen molar-refractivity contribution in [2.45, 2.75) is 0 Å². The number of methoxy groups -OCH3 is 2. The van der Waals surface area contributed by atoms with Gasteiger partial charge in [-0.05, 0) is 12.1 Å². The third-order valence-corrected chi connectivity index (χ3v) is 3.56. The number of carbonyl (C=O) groups is 1. The van der Waals surface area contributed by atoms with Gasteiger partial charge in [0.1, 0.15) is 0 Å². The molecule has 0 spiro atoms. The van der Waals surface area contributed by atoms with E-state index in [0.717, 1.165) is 0 Å². The first-order chi connectivity index (χ1) is 11.3. The standard InChI is InChI=1S/C13H14N4O6S/c1-22-10-8-11(23-2)15-12(14-10)16-13(18)17(24(19,20)21)9-6-4-3-5-7-9/h3-8H,1-2H3,(H,19,20,21)(H,14,15,16,18). The van der Waals surface area contributed by atoms with Crippen LogP contribution in [0.25, 0.3) is 0 Å². The van der Waals surface area contributed by atoms with Gasteiger partial charge in [0.25, 0.3) is 0 Å². The lowest BCUT2D eigenvalue weighted by Crippen LogP contribution is -2.40. The normalized spacial score (nSPS) is 10.8. The molecule has 128 valence electrons. The van der Waals surface area contributed by atoms with Crippen LogP contribution in [-0.4, -0.2) is 43.2 Å². The van der Waals surface area contributed by atoms with Crippen molar-refractivity contribution in [2.75, 3.05) is 23.8 Å². The predicted molar refractivity (Wildman–Crippen MR) is 84.6 cm³/mol. The topological polar surface area (TPSA) is 131 Å². The molecule has 1 aromatic heterocycles. The van der Waals surface area contributed by atoms with Crippen LogP contribution >= 0.6 is 0 Å². The first kappa shape index (κ1) is 17.4. The van der Waals surface area contributed by atoms with E-state index in [1.165, 1.54) is 44.6 Å². The molecule has 0 aliphatic heterocycles. The van der Waals surface area contributed by atoms with Crippen LogP contribution in [-0.2, 0) is 10.3 Å². The second-order valence-electron chi connectivity index (χ2n) is 4.28. The van der Waals surface area contributed by atoms with Crippen molar-refractivity contribution in [3.63, 3.8) is 0 Å². The first-order valence-corrected chi connectivity index (χ1v) is 7.85. The zero-order valence-electron chi connectivity index (χ0n) is 12.7. The van der Waals surface area contributed by atoms with E-state index in [-0.39, 0.29) is 27.7 Å². The number of carbonyl (C=O) groups excluding carboxylic acids is 1. The monoisotopic (exact) mass is 354 g/mol. The summed E-state index contributed by atoms with van der Waals surface area (Å²) in [6.45, 7) is 0. The molecule has 2 N–H and O–H groups in total. The highest BCUT2D eigenvalue weighted by atomic mass is 32.2. The Labute approximate surface area is 137 Å². The van der Waals surface area contributed by atoms with Gasteiger partial charge >= 0.3 is 16.3 Å². The van der Waals surface area contributed by atoms with Crippen LogP contribution in [0.2, 0.25) is 0 Å². The van der Waals surface area contributed by atoms with Gasteiger partial charge in [-0.3, -0.25) is 9.87 Å². The number of hydrogen-bond donors (Lipinski definition) is 2. The Hall–Kier alpha value is -2.92. The molecule has 2 amide bonds. The molecule has 0 fully saturated rings. The van der Waals surface area contributed by atoms with Crippen molar-refractivity contribution in [1.82, 2.24) is 9.97 Å². The van der Waals surface area contributed by atoms with Gasteiger partial charge in [-0.25, -0.2) is 4.79 Å². The highest BCUT2D eigenvalue weighted by Crippen LogP contribution is 2.20. The molecule has 2 rings (SSSR count). The lowest BCUT2D eigenvalue weighted by Gasteiger charge is -2.18. The summed E-state index contributed by atoms with van der Waals surface area (Å²) in [5.74, 6) is -0.0775. The Balaban J connectivity index is 2.35. The predicted octanol–water partition coefficient (Wildman–Crippen LogP) is 1.34. The second kappa shape index (κ2) is 7.10. The maximum atomic E-state index is 12.3. The van der Waals surface area contributed by atoms with Crippen molar-refractivity contribution >= 4 is 28.0 Å². The van der Waals surface area contributed by atoms with Gasteiger partial charge in [0.2, 0.25) is 17.7 Å². The van der Waals surface area contributed by atoms with Crippen LogP contribution in [0.15, 0.2) is 36.4 Å². The van der Waals surface area contributed by atoms with Gasteiger partial charge in [0.05, 0.1) is 26.0 Å². The number of aromatic nitrogens is 2. The van der Waals surface area contributed by atoms with E-state index in [9.17, 15) is 17.8 Å². The molecule has 0 aliphatic carbocycles. The highest BCUT2D eigenvalue weighted by Gasteiger charge is 2.28. The minimum atomic E-state index is -4.87. The Morgan fingerprint density at radius 1 is 1.12 bits per heavy atom. The Morgan fingerprint density at radius 3 is 2.12 bits per heavy atom. The minimum absolute atomic E-state index is 0.0626. The third kappa shape index (κ3) is 4.08. The molecule has 0 atom stereocenters. The zero-order chi connectivity index (χ0) is 17.7. The van der Waals surface area contributed by atoms with Crippen molar-refractivity contribution in [2.24, 2.45) is 0 Å². The molecule has 24 heavy (non-hydrogen) atoms. The number of anilines is 2. The zero-order valence-corrected chi connectivity index (χ0v) is 13.5. The van der Waals surface area contributed by atoms with Crippen LogP contribution in [0, 0.1) is 0 Å². The molecular weight excluding hydrogens is 340 g/mol. The summed E-state index contributed by atoms with van der Waals surface area (Å²) in [7, 11) is -2.17. The smallest absolute Gasteiger partial charge is 0.368 e. The van der Waals surface area contributed by atoms with Crippen LogP contribution < -0.4 is 19.1 Å². The van der Waals surface area contributed by atoms with Crippen LogP contribution in [0.3, 0.4) is 0 Å². The Kier molecular flexibility index (Phi) is 5.16. The third-order valence-electron chi connectivity index (χ3n) is 2.72. The number of rotatable bonds is 5. The summed E-state index contributed by atoms with van der Waals surface area (Å²) in [6.07, 6.45) is 0. The van der Waals surface area contributed by atoms with Gasteiger partial charge in [-0.15, -0.1) is 0 Å². The molecule has 2 aromatic rings. The second-order valence-corrected chi connectivity index (χ2v) is 5.55. The molecule has 0 radical (unpaired) electrons. The van der Waals surface area contributed by atoms with E-state index in [1.54, 1.807) is 6.07 Å². The minimum Gasteiger partial charge on any atom is -0.481 e. The lowest BCUT2D eigenvalue weighted by atomic mass is 10.3. The van der Waals surface area contributed by atoms with E-state index in [1.807, 2.05) is 0 Å². The molecule has 0 aliphatic rings. The van der Waals surface area contributed by atoms with Crippen molar-refractivity contribution in [3.05, 3.63) is 36.4 Å². The van der Waals surface area contributed by atoms with Gasteiger partial charge in [-0.1, -0.05) is 18.2 Å². The summed E-state index contributed by atoms with van der Waals surface area (Å²) >= 11 is 0. The fraction of sp³-hybridized carbons (Fsp3) is 0.154. The molecule has 0 saturated carbocycles. The van der Waals surface area contributed by atoms with E-state index in [2.05, 4.69) is 15.3 Å². The van der Waals surface area contributed by atoms with Crippen LogP contribution in [0.1, 0.15) is 0 Å². The highest BCUT2D eigenvalue weighted by molar-refractivity contribution is 7.88. The summed E-state index contributed by atoms with van der Waals surface area (Å²) in [5, 5.41) is 2.16. The van der Waals surface area contributed by atoms with Crippen molar-refractivity contribution in [3.8, 4) is 11.8 Å². The fourth-order valence-corrected chi connectivity index (χ4v) is 2.38. The summed E-state index contributed by atoms with van der Waals surface area (Å²) < 4.78 is 42.4. The van der Waals surface area contributed by atoms with E-state index >= 15 is 0 Å². The maximum Gasteiger partial charge on any atom is 0.368 e. The molecule has 11 heteroatoms. The first-order valence-electron chi connectivity index (χ1n) is 6.46. The summed E-state index contributed by atoms with van der Waals surface area (Å²) in [6, 6.07) is 7.49. The van der Waals surface area contributed by atoms with Gasteiger partial charge < -0.3 is 9.47 Å². The fourth-order valence-electron chi connectivity index (χ4n) is 1.73. The number of benzene rings is 1. The molecule has 10 nitrogen and oxygen atoms in total. The number of nitrogens with zero attached hydrogens (tertiary/aromatic N) is 3. The molecule has 0 saturated heterocycles. The van der Waals surface area contributed by atoms with Crippen molar-refractivity contribution < 1.29 is 27.2 Å². The maximum absolute atomic E-state index is 12.3. The van der Waals surface area contributed by atoms with Gasteiger partial charge in [0.15, 0.2) is 0 Å². The van der Waals surface area contributed by atoms with E-state index < -0.39 is 16.3 Å². The summed E-state index contributed by atoms with van der Waals surface area (Å²) in [4.78, 5) is 20.0. The average molecular weight is 354 g/mol. The van der Waals surface area contributed by atoms with Crippen molar-refractivity contribution in [1.29, 1.82) is 0 Å². The Morgan fingerprint density at radius 2 is 1.67 bits per heavy atom. The number of urea groups is 1. The molecule has 1 heterocycles. The number of ether oxygens (including phenoxy) is 2. The van der Waals surface area contributed by atoms with Gasteiger partial charge in [0, 0.05) is 0 Å². The molecular formula is C13H14N4O6S. The lowest BCUT2D eigenvalue weighted by molar-refractivity contribution is 0.259. The number of nitrogens with one attached hydrogen (secondary N) is 1. The Bertz CT molecular complexity index is 805. The SMILES string of the molecule is COc1cc(OC)nc(NC(=O)N(c2ccccc2)S(=O)(=O)O)n1. The van der Waals surface area contributed by atoms with Crippen LogP contribution in [0.4, 0.5) is 16.4 Å². The molecule has 1 aromatic carbocycles.